The van der Waals surface area contributed by atoms with Crippen LogP contribution in [-0.4, -0.2) is 48.0 Å². The molecule has 4 aromatic rings. The van der Waals surface area contributed by atoms with Crippen LogP contribution >= 0.6 is 11.3 Å². The van der Waals surface area contributed by atoms with Crippen molar-refractivity contribution >= 4 is 28.3 Å². The van der Waals surface area contributed by atoms with Gasteiger partial charge in [-0.25, -0.2) is 4.98 Å². The van der Waals surface area contributed by atoms with Gasteiger partial charge >= 0.3 is 0 Å². The number of fused-ring (bicyclic) bond motifs is 1. The Balaban J connectivity index is 1.16. The molecule has 4 aromatic heterocycles. The van der Waals surface area contributed by atoms with Gasteiger partial charge in [0.15, 0.2) is 5.82 Å². The highest BCUT2D eigenvalue weighted by atomic mass is 32.1. The second-order valence-electron chi connectivity index (χ2n) is 8.06. The van der Waals surface area contributed by atoms with Crippen molar-refractivity contribution in [3.05, 3.63) is 55.6 Å². The van der Waals surface area contributed by atoms with E-state index in [0.717, 1.165) is 66.1 Å². The lowest BCUT2D eigenvalue weighted by Crippen LogP contribution is -2.23. The first-order chi connectivity index (χ1) is 16.1. The minimum Gasteiger partial charge on any atom is -0.351 e. The number of unbranched alkanes of at least 4 members (excludes halogenated alkanes) is 4. The molecule has 0 unspecified atom stereocenters. The molecule has 1 amide bonds. The topological polar surface area (TPSA) is 145 Å². The first-order valence-electron chi connectivity index (χ1n) is 11.3. The van der Waals surface area contributed by atoms with Gasteiger partial charge in [0, 0.05) is 24.0 Å². The highest BCUT2D eigenvalue weighted by molar-refractivity contribution is 7.14. The van der Waals surface area contributed by atoms with E-state index in [1.54, 1.807) is 6.92 Å². The molecule has 0 bridgehead atoms. The Morgan fingerprint density at radius 2 is 1.94 bits per heavy atom. The molecule has 4 rings (SSSR count). The van der Waals surface area contributed by atoms with Gasteiger partial charge in [0.2, 0.25) is 0 Å². The lowest BCUT2D eigenvalue weighted by Gasteiger charge is -2.03. The summed E-state index contributed by atoms with van der Waals surface area (Å²) in [7, 11) is 0. The average Bonchev–Trinajstić information content (AvgIpc) is 3.55. The number of H-pyrrole nitrogens is 3. The fourth-order valence-electron chi connectivity index (χ4n) is 3.82. The molecule has 0 atom stereocenters. The zero-order chi connectivity index (χ0) is 23.0. The Labute approximate surface area is 194 Å². The van der Waals surface area contributed by atoms with Crippen LogP contribution < -0.4 is 10.9 Å². The maximum absolute atomic E-state index is 12.4. The van der Waals surface area contributed by atoms with Gasteiger partial charge in [0.05, 0.1) is 10.3 Å². The van der Waals surface area contributed by atoms with Crippen LogP contribution in [0.1, 0.15) is 63.9 Å². The summed E-state index contributed by atoms with van der Waals surface area (Å²) in [4.78, 5) is 36.7. The van der Waals surface area contributed by atoms with Crippen LogP contribution in [0.15, 0.2) is 23.1 Å². The van der Waals surface area contributed by atoms with Gasteiger partial charge in [-0.15, -0.1) is 21.5 Å². The van der Waals surface area contributed by atoms with Crippen LogP contribution in [0.2, 0.25) is 0 Å². The van der Waals surface area contributed by atoms with E-state index in [1.807, 2.05) is 18.3 Å². The van der Waals surface area contributed by atoms with Crippen LogP contribution in [0.25, 0.3) is 11.0 Å². The number of nitrogens with one attached hydrogen (secondary N) is 4. The van der Waals surface area contributed by atoms with Crippen molar-refractivity contribution in [1.82, 2.24) is 40.9 Å². The first-order valence-corrected chi connectivity index (χ1v) is 12.1. The summed E-state index contributed by atoms with van der Waals surface area (Å²) in [6, 6.07) is 3.87. The van der Waals surface area contributed by atoms with Gasteiger partial charge < -0.3 is 15.3 Å². The summed E-state index contributed by atoms with van der Waals surface area (Å²) in [5.41, 5.74) is 1.44. The maximum atomic E-state index is 12.4. The van der Waals surface area contributed by atoms with E-state index in [4.69, 9.17) is 0 Å². The lowest BCUT2D eigenvalue weighted by molar-refractivity contribution is 0.0957. The van der Waals surface area contributed by atoms with E-state index in [2.05, 4.69) is 40.9 Å². The molecular formula is C22H28N8O2S. The molecule has 0 aliphatic carbocycles. The molecule has 0 radical (unpaired) electrons. The third kappa shape index (κ3) is 6.13. The molecule has 33 heavy (non-hydrogen) atoms. The number of carbonyl (C=O) groups is 1. The minimum absolute atomic E-state index is 0.0217. The number of aromatic amines is 3. The van der Waals surface area contributed by atoms with Gasteiger partial charge in [-0.3, -0.25) is 9.59 Å². The van der Waals surface area contributed by atoms with Crippen molar-refractivity contribution in [3.63, 3.8) is 0 Å². The second-order valence-corrected chi connectivity index (χ2v) is 9.22. The van der Waals surface area contributed by atoms with Crippen LogP contribution in [-0.2, 0) is 19.3 Å². The highest BCUT2D eigenvalue weighted by Gasteiger charge is 2.12. The normalized spacial score (nSPS) is 11.3. The van der Waals surface area contributed by atoms with E-state index in [-0.39, 0.29) is 11.5 Å². The molecule has 0 saturated heterocycles. The Hall–Kier alpha value is -3.34. The summed E-state index contributed by atoms with van der Waals surface area (Å²) in [6.45, 7) is 2.45. The third-order valence-electron chi connectivity index (χ3n) is 5.52. The Morgan fingerprint density at radius 1 is 1.09 bits per heavy atom. The molecule has 174 valence electrons. The van der Waals surface area contributed by atoms with Gasteiger partial charge in [0.1, 0.15) is 11.5 Å². The Bertz CT molecular complexity index is 1240. The van der Waals surface area contributed by atoms with Crippen LogP contribution in [0, 0.1) is 6.92 Å². The number of rotatable bonds is 12. The predicted octanol–water partition coefficient (Wildman–Crippen LogP) is 2.84. The summed E-state index contributed by atoms with van der Waals surface area (Å²) in [5.74, 6) is 1.33. The molecule has 4 heterocycles. The average molecular weight is 469 g/mol. The van der Waals surface area contributed by atoms with E-state index in [9.17, 15) is 9.59 Å². The number of carbonyl (C=O) groups excluding carboxylic acids is 1. The summed E-state index contributed by atoms with van der Waals surface area (Å²) in [6.07, 6.45) is 9.52. The van der Waals surface area contributed by atoms with Crippen LogP contribution in [0.5, 0.6) is 0 Å². The molecular weight excluding hydrogens is 440 g/mol. The maximum Gasteiger partial charge on any atom is 0.261 e. The van der Waals surface area contributed by atoms with Crippen molar-refractivity contribution in [2.75, 3.05) is 6.54 Å². The lowest BCUT2D eigenvalue weighted by atomic mass is 10.1. The Morgan fingerprint density at radius 3 is 2.79 bits per heavy atom. The highest BCUT2D eigenvalue weighted by Crippen LogP contribution is 2.20. The minimum atomic E-state index is -0.119. The molecule has 0 aliphatic heterocycles. The molecule has 11 heteroatoms. The zero-order valence-corrected chi connectivity index (χ0v) is 19.4. The van der Waals surface area contributed by atoms with E-state index in [1.165, 1.54) is 11.3 Å². The first kappa shape index (κ1) is 22.8. The number of aryl methyl sites for hydroxylation is 4. The smallest absolute Gasteiger partial charge is 0.261 e. The van der Waals surface area contributed by atoms with Crippen molar-refractivity contribution in [3.8, 4) is 0 Å². The molecule has 0 spiro atoms. The van der Waals surface area contributed by atoms with Gasteiger partial charge in [0.25, 0.3) is 11.5 Å². The summed E-state index contributed by atoms with van der Waals surface area (Å²) in [5, 5.41) is 17.5. The van der Waals surface area contributed by atoms with Crippen molar-refractivity contribution in [2.24, 2.45) is 0 Å². The molecule has 4 N–H and O–H groups in total. The summed E-state index contributed by atoms with van der Waals surface area (Å²) < 4.78 is 0. The van der Waals surface area contributed by atoms with Crippen LogP contribution in [0.4, 0.5) is 0 Å². The second kappa shape index (κ2) is 11.0. The fraction of sp³-hybridized carbons (Fsp3) is 0.455. The predicted molar refractivity (Wildman–Crippen MR) is 126 cm³/mol. The standard InChI is InChI=1S/C22H28N8O2S/c1-14-25-20-19(22(32)26-14)15(13-24-20)8-9-16-10-11-17(33-16)21(31)23-12-6-4-2-3-5-7-18-27-29-30-28-18/h10-11,13H,2-9,12H2,1H3,(H,23,31)(H2,24,25,26,32)(H,27,28,29,30). The van der Waals surface area contributed by atoms with Crippen LogP contribution in [0.3, 0.4) is 0 Å². The zero-order valence-electron chi connectivity index (χ0n) is 18.6. The van der Waals surface area contributed by atoms with Gasteiger partial charge in [-0.2, -0.15) is 5.21 Å². The number of aromatic nitrogens is 7. The molecule has 0 saturated carbocycles. The monoisotopic (exact) mass is 468 g/mol. The molecule has 0 fully saturated rings. The molecule has 0 aromatic carbocycles. The third-order valence-corrected chi connectivity index (χ3v) is 6.66. The van der Waals surface area contributed by atoms with Crippen molar-refractivity contribution in [1.29, 1.82) is 0 Å². The van der Waals surface area contributed by atoms with E-state index in [0.29, 0.717) is 29.8 Å². The Kier molecular flexibility index (Phi) is 7.61. The number of amides is 1. The number of thiophene rings is 1. The number of hydrogen-bond acceptors (Lipinski definition) is 7. The van der Waals surface area contributed by atoms with E-state index < -0.39 is 0 Å². The van der Waals surface area contributed by atoms with Gasteiger partial charge in [-0.05, 0) is 50.3 Å². The number of nitrogens with zero attached hydrogens (tertiary/aromatic N) is 4. The van der Waals surface area contributed by atoms with E-state index >= 15 is 0 Å². The van der Waals surface area contributed by atoms with Crippen molar-refractivity contribution in [2.45, 2.75) is 58.3 Å². The number of tetrazole rings is 1. The fourth-order valence-corrected chi connectivity index (χ4v) is 4.74. The largest absolute Gasteiger partial charge is 0.351 e. The quantitative estimate of drug-likeness (QED) is 0.235. The number of hydrogen-bond donors (Lipinski definition) is 4. The molecule has 10 nitrogen and oxygen atoms in total. The SMILES string of the molecule is Cc1nc2[nH]cc(CCc3ccc(C(=O)NCCCCCCCc4nn[nH]n4)s3)c2c(=O)[nH]1. The van der Waals surface area contributed by atoms with Crippen molar-refractivity contribution < 1.29 is 4.79 Å². The molecule has 0 aliphatic rings. The summed E-state index contributed by atoms with van der Waals surface area (Å²) >= 11 is 1.51. The van der Waals surface area contributed by atoms with Gasteiger partial charge in [-0.1, -0.05) is 24.5 Å².